The summed E-state index contributed by atoms with van der Waals surface area (Å²) < 4.78 is 0. The summed E-state index contributed by atoms with van der Waals surface area (Å²) in [5.41, 5.74) is 7.65. The molecule has 3 rings (SSSR count). The number of nitrogens with zero attached hydrogens (tertiary/aromatic N) is 3. The van der Waals surface area contributed by atoms with Crippen LogP contribution in [-0.4, -0.2) is 39.1 Å². The Hall–Kier alpha value is -3.49. The van der Waals surface area contributed by atoms with E-state index < -0.39 is 11.8 Å². The summed E-state index contributed by atoms with van der Waals surface area (Å²) in [6.07, 6.45) is 5.57. The van der Waals surface area contributed by atoms with Crippen LogP contribution >= 0.6 is 0 Å². The second-order valence-electron chi connectivity index (χ2n) is 7.05. The zero-order valence-corrected chi connectivity index (χ0v) is 16.4. The maximum Gasteiger partial charge on any atom is 0.313 e. The van der Waals surface area contributed by atoms with Crippen LogP contribution in [0.5, 0.6) is 0 Å². The summed E-state index contributed by atoms with van der Waals surface area (Å²) in [6.45, 7) is 3.68. The normalized spacial score (nSPS) is 16.2. The topological polar surface area (TPSA) is 130 Å². The van der Waals surface area contributed by atoms with Crippen molar-refractivity contribution in [2.75, 3.05) is 22.9 Å². The van der Waals surface area contributed by atoms with E-state index in [2.05, 4.69) is 20.6 Å². The number of piperidine rings is 1. The molecule has 0 bridgehead atoms. The van der Waals surface area contributed by atoms with Crippen molar-refractivity contribution in [1.29, 1.82) is 0 Å². The van der Waals surface area contributed by atoms with Crippen LogP contribution in [0.15, 0.2) is 30.6 Å². The van der Waals surface area contributed by atoms with Crippen molar-refractivity contribution in [2.24, 2.45) is 0 Å². The Kier molecular flexibility index (Phi) is 6.06. The average molecular weight is 396 g/mol. The second kappa shape index (κ2) is 8.68. The molecule has 3 heterocycles. The first-order chi connectivity index (χ1) is 13.8. The Labute approximate surface area is 168 Å². The van der Waals surface area contributed by atoms with Crippen LogP contribution in [0.2, 0.25) is 0 Å². The molecule has 1 aliphatic rings. The van der Waals surface area contributed by atoms with Gasteiger partial charge >= 0.3 is 11.8 Å². The monoisotopic (exact) mass is 396 g/mol. The predicted molar refractivity (Wildman–Crippen MR) is 109 cm³/mol. The molecule has 0 spiro atoms. The lowest BCUT2D eigenvalue weighted by Gasteiger charge is -2.35. The fourth-order valence-electron chi connectivity index (χ4n) is 3.35. The number of amides is 3. The van der Waals surface area contributed by atoms with Gasteiger partial charge in [0.15, 0.2) is 0 Å². The van der Waals surface area contributed by atoms with Crippen molar-refractivity contribution in [3.8, 4) is 0 Å². The van der Waals surface area contributed by atoms with Gasteiger partial charge in [-0.15, -0.1) is 0 Å². The van der Waals surface area contributed by atoms with Crippen molar-refractivity contribution < 1.29 is 14.4 Å². The fraction of sp³-hybridized carbons (Fsp3) is 0.350. The highest BCUT2D eigenvalue weighted by atomic mass is 16.2. The van der Waals surface area contributed by atoms with Gasteiger partial charge in [-0.1, -0.05) is 6.07 Å². The SMILES string of the molecule is CC(=O)Nc1ccc([C@@H]2CCCCN2C(=O)C(=O)Nc2cnc(N)c(C)c2)cn1. The largest absolute Gasteiger partial charge is 0.383 e. The molecule has 1 saturated heterocycles. The third kappa shape index (κ3) is 4.87. The number of hydrogen-bond donors (Lipinski definition) is 3. The standard InChI is InChI=1S/C20H24N6O3/c1-12-9-15(11-23-18(12)21)25-19(28)20(29)26-8-4-3-5-16(26)14-6-7-17(22-10-14)24-13(2)27/h6-7,9-11,16H,3-5,8H2,1-2H3,(H2,21,23)(H,25,28)(H,22,24,27)/t16-/m0/s1. The molecule has 2 aromatic heterocycles. The number of nitrogen functional groups attached to an aromatic ring is 1. The van der Waals surface area contributed by atoms with E-state index in [0.717, 1.165) is 30.4 Å². The zero-order valence-electron chi connectivity index (χ0n) is 16.4. The number of carbonyl (C=O) groups excluding carboxylic acids is 3. The number of carbonyl (C=O) groups is 3. The van der Waals surface area contributed by atoms with E-state index in [0.29, 0.717) is 23.9 Å². The molecular weight excluding hydrogens is 372 g/mol. The minimum Gasteiger partial charge on any atom is -0.383 e. The number of aryl methyl sites for hydroxylation is 1. The van der Waals surface area contributed by atoms with E-state index in [-0.39, 0.29) is 11.9 Å². The predicted octanol–water partition coefficient (Wildman–Crippen LogP) is 2.02. The lowest BCUT2D eigenvalue weighted by Crippen LogP contribution is -2.44. The summed E-state index contributed by atoms with van der Waals surface area (Å²) in [5.74, 6) is -0.705. The first kappa shape index (κ1) is 20.2. The average Bonchev–Trinajstić information content (AvgIpc) is 2.70. The van der Waals surface area contributed by atoms with Crippen LogP contribution < -0.4 is 16.4 Å². The van der Waals surface area contributed by atoms with Crippen molar-refractivity contribution in [3.05, 3.63) is 41.7 Å². The molecule has 0 aromatic carbocycles. The minimum absolute atomic E-state index is 0.205. The highest BCUT2D eigenvalue weighted by Crippen LogP contribution is 2.31. The maximum absolute atomic E-state index is 12.8. The van der Waals surface area contributed by atoms with E-state index in [1.165, 1.54) is 13.1 Å². The molecule has 0 unspecified atom stereocenters. The van der Waals surface area contributed by atoms with Crippen LogP contribution in [0.3, 0.4) is 0 Å². The van der Waals surface area contributed by atoms with E-state index in [1.807, 2.05) is 6.07 Å². The highest BCUT2D eigenvalue weighted by Gasteiger charge is 2.32. The summed E-state index contributed by atoms with van der Waals surface area (Å²) in [5, 5.41) is 5.21. The first-order valence-corrected chi connectivity index (χ1v) is 9.42. The number of hydrogen-bond acceptors (Lipinski definition) is 6. The molecule has 2 aromatic rings. The molecule has 4 N–H and O–H groups in total. The molecule has 3 amide bonds. The maximum atomic E-state index is 12.8. The van der Waals surface area contributed by atoms with Gasteiger partial charge in [0.25, 0.3) is 0 Å². The van der Waals surface area contributed by atoms with E-state index in [9.17, 15) is 14.4 Å². The second-order valence-corrected chi connectivity index (χ2v) is 7.05. The Bertz CT molecular complexity index is 928. The van der Waals surface area contributed by atoms with Gasteiger partial charge in [0.05, 0.1) is 17.9 Å². The fourth-order valence-corrected chi connectivity index (χ4v) is 3.35. The Balaban J connectivity index is 1.74. The number of likely N-dealkylation sites (tertiary alicyclic amines) is 1. The van der Waals surface area contributed by atoms with Crippen molar-refractivity contribution in [3.63, 3.8) is 0 Å². The van der Waals surface area contributed by atoms with E-state index in [1.54, 1.807) is 30.2 Å². The number of pyridine rings is 2. The molecule has 0 radical (unpaired) electrons. The third-order valence-corrected chi connectivity index (χ3v) is 4.81. The minimum atomic E-state index is -0.717. The summed E-state index contributed by atoms with van der Waals surface area (Å²) >= 11 is 0. The van der Waals surface area contributed by atoms with Crippen molar-refractivity contribution in [2.45, 2.75) is 39.2 Å². The van der Waals surface area contributed by atoms with E-state index >= 15 is 0 Å². The molecule has 1 atom stereocenters. The Morgan fingerprint density at radius 3 is 2.59 bits per heavy atom. The van der Waals surface area contributed by atoms with Gasteiger partial charge in [-0.05, 0) is 49.4 Å². The smallest absolute Gasteiger partial charge is 0.313 e. The van der Waals surface area contributed by atoms with E-state index in [4.69, 9.17) is 5.73 Å². The molecular formula is C20H24N6O3. The lowest BCUT2D eigenvalue weighted by atomic mass is 9.96. The lowest BCUT2D eigenvalue weighted by molar-refractivity contribution is -0.145. The van der Waals surface area contributed by atoms with Gasteiger partial charge in [-0.25, -0.2) is 9.97 Å². The van der Waals surface area contributed by atoms with Gasteiger partial charge in [-0.3, -0.25) is 14.4 Å². The Morgan fingerprint density at radius 1 is 1.14 bits per heavy atom. The van der Waals surface area contributed by atoms with Crippen molar-refractivity contribution >= 4 is 35.0 Å². The molecule has 29 heavy (non-hydrogen) atoms. The number of nitrogens with one attached hydrogen (secondary N) is 2. The van der Waals surface area contributed by atoms with Gasteiger partial charge in [-0.2, -0.15) is 0 Å². The molecule has 9 heteroatoms. The van der Waals surface area contributed by atoms with Crippen LogP contribution in [0.4, 0.5) is 17.3 Å². The van der Waals surface area contributed by atoms with Gasteiger partial charge < -0.3 is 21.3 Å². The van der Waals surface area contributed by atoms with Crippen LogP contribution in [-0.2, 0) is 14.4 Å². The van der Waals surface area contributed by atoms with Gasteiger partial charge in [0, 0.05) is 19.7 Å². The Morgan fingerprint density at radius 2 is 1.93 bits per heavy atom. The molecule has 1 fully saturated rings. The summed E-state index contributed by atoms with van der Waals surface area (Å²) in [6, 6.07) is 4.94. The molecule has 1 aliphatic heterocycles. The van der Waals surface area contributed by atoms with Crippen molar-refractivity contribution in [1.82, 2.24) is 14.9 Å². The van der Waals surface area contributed by atoms with Crippen LogP contribution in [0.1, 0.15) is 43.4 Å². The van der Waals surface area contributed by atoms with Gasteiger partial charge in [0.2, 0.25) is 5.91 Å². The molecule has 0 aliphatic carbocycles. The number of rotatable bonds is 3. The third-order valence-electron chi connectivity index (χ3n) is 4.81. The summed E-state index contributed by atoms with van der Waals surface area (Å²) in [4.78, 5) is 46.3. The zero-order chi connectivity index (χ0) is 21.0. The molecule has 152 valence electrons. The number of anilines is 3. The van der Waals surface area contributed by atoms with Crippen LogP contribution in [0.25, 0.3) is 0 Å². The van der Waals surface area contributed by atoms with Crippen LogP contribution in [0, 0.1) is 6.92 Å². The summed E-state index contributed by atoms with van der Waals surface area (Å²) in [7, 11) is 0. The first-order valence-electron chi connectivity index (χ1n) is 9.42. The number of nitrogens with two attached hydrogens (primary N) is 1. The van der Waals surface area contributed by atoms with Gasteiger partial charge in [0.1, 0.15) is 11.6 Å². The quantitative estimate of drug-likeness (QED) is 0.681. The number of aromatic nitrogens is 2. The molecule has 0 saturated carbocycles. The molecule has 9 nitrogen and oxygen atoms in total. The highest BCUT2D eigenvalue weighted by molar-refractivity contribution is 6.39.